The Hall–Kier alpha value is -3.00. The molecule has 0 N–H and O–H groups in total. The number of aromatic nitrogens is 4. The molecule has 2 aromatic heterocycles. The minimum Gasteiger partial charge on any atom is -0.377 e. The van der Waals surface area contributed by atoms with E-state index in [0.29, 0.717) is 32.7 Å². The SMILES string of the molecule is Cc1nc(N2CCN(C(=O)CCCOCc3ccccc3)CC2)c2cnn(C)c2n1. The lowest BCUT2D eigenvalue weighted by Gasteiger charge is -2.35. The summed E-state index contributed by atoms with van der Waals surface area (Å²) >= 11 is 0. The summed E-state index contributed by atoms with van der Waals surface area (Å²) in [4.78, 5) is 25.9. The highest BCUT2D eigenvalue weighted by Crippen LogP contribution is 2.24. The van der Waals surface area contributed by atoms with E-state index in [1.54, 1.807) is 4.68 Å². The van der Waals surface area contributed by atoms with Crippen LogP contribution in [0.15, 0.2) is 36.5 Å². The predicted molar refractivity (Wildman–Crippen MR) is 115 cm³/mol. The third-order valence-corrected chi connectivity index (χ3v) is 5.41. The van der Waals surface area contributed by atoms with Crippen LogP contribution in [0.5, 0.6) is 0 Å². The molecule has 158 valence electrons. The molecule has 1 aliphatic rings. The van der Waals surface area contributed by atoms with Crippen molar-refractivity contribution in [2.45, 2.75) is 26.4 Å². The number of piperazine rings is 1. The third kappa shape index (κ3) is 4.59. The molecule has 0 radical (unpaired) electrons. The summed E-state index contributed by atoms with van der Waals surface area (Å²) in [5.41, 5.74) is 1.99. The number of nitrogens with zero attached hydrogens (tertiary/aromatic N) is 6. The Kier molecular flexibility index (Phi) is 6.23. The van der Waals surface area contributed by atoms with Crippen molar-refractivity contribution in [3.63, 3.8) is 0 Å². The van der Waals surface area contributed by atoms with Crippen molar-refractivity contribution in [3.8, 4) is 0 Å². The molecule has 1 aliphatic heterocycles. The van der Waals surface area contributed by atoms with Crippen molar-refractivity contribution in [2.75, 3.05) is 37.7 Å². The fourth-order valence-electron chi connectivity index (χ4n) is 3.77. The quantitative estimate of drug-likeness (QED) is 0.559. The molecule has 8 heteroatoms. The second kappa shape index (κ2) is 9.21. The van der Waals surface area contributed by atoms with Gasteiger partial charge in [0, 0.05) is 46.3 Å². The minimum atomic E-state index is 0.198. The summed E-state index contributed by atoms with van der Waals surface area (Å²) in [6, 6.07) is 10.1. The van der Waals surface area contributed by atoms with Crippen LogP contribution in [0.2, 0.25) is 0 Å². The number of benzene rings is 1. The Bertz CT molecular complexity index is 996. The largest absolute Gasteiger partial charge is 0.377 e. The number of aryl methyl sites for hydroxylation is 2. The van der Waals surface area contributed by atoms with Crippen LogP contribution in [-0.2, 0) is 23.2 Å². The summed E-state index contributed by atoms with van der Waals surface area (Å²) < 4.78 is 7.46. The smallest absolute Gasteiger partial charge is 0.222 e. The van der Waals surface area contributed by atoms with E-state index in [1.165, 1.54) is 0 Å². The van der Waals surface area contributed by atoms with E-state index in [0.717, 1.165) is 47.7 Å². The standard InChI is InChI=1S/C22H28N6O2/c1-17-24-21-19(15-23-26(21)2)22(25-17)28-12-10-27(11-13-28)20(29)9-6-14-30-16-18-7-4-3-5-8-18/h3-5,7-8,15H,6,9-14,16H2,1-2H3. The molecule has 8 nitrogen and oxygen atoms in total. The summed E-state index contributed by atoms with van der Waals surface area (Å²) in [5, 5.41) is 5.27. The second-order valence-corrected chi connectivity index (χ2v) is 7.61. The summed E-state index contributed by atoms with van der Waals surface area (Å²) in [6.07, 6.45) is 3.08. The molecule has 1 aromatic carbocycles. The number of hydrogen-bond acceptors (Lipinski definition) is 6. The molecule has 4 rings (SSSR count). The van der Waals surface area contributed by atoms with E-state index >= 15 is 0 Å². The van der Waals surface area contributed by atoms with Crippen LogP contribution in [0.1, 0.15) is 24.2 Å². The first kappa shape index (κ1) is 20.3. The molecular formula is C22H28N6O2. The molecule has 0 atom stereocenters. The van der Waals surface area contributed by atoms with E-state index in [-0.39, 0.29) is 5.91 Å². The van der Waals surface area contributed by atoms with Crippen LogP contribution < -0.4 is 4.90 Å². The zero-order valence-corrected chi connectivity index (χ0v) is 17.6. The number of hydrogen-bond donors (Lipinski definition) is 0. The molecule has 0 spiro atoms. The number of amides is 1. The Balaban J connectivity index is 1.24. The van der Waals surface area contributed by atoms with Gasteiger partial charge in [0.2, 0.25) is 5.91 Å². The Labute approximate surface area is 176 Å². The van der Waals surface area contributed by atoms with Crippen LogP contribution in [0.3, 0.4) is 0 Å². The molecule has 1 amide bonds. The molecule has 1 saturated heterocycles. The van der Waals surface area contributed by atoms with Gasteiger partial charge < -0.3 is 14.5 Å². The maximum absolute atomic E-state index is 12.6. The van der Waals surface area contributed by atoms with Gasteiger partial charge in [-0.15, -0.1) is 0 Å². The zero-order chi connectivity index (χ0) is 20.9. The summed E-state index contributed by atoms with van der Waals surface area (Å²) in [7, 11) is 1.89. The van der Waals surface area contributed by atoms with Crippen LogP contribution in [0.4, 0.5) is 5.82 Å². The molecule has 3 heterocycles. The normalized spacial score (nSPS) is 14.5. The number of anilines is 1. The first-order chi connectivity index (χ1) is 14.6. The van der Waals surface area contributed by atoms with Crippen molar-refractivity contribution in [1.82, 2.24) is 24.6 Å². The molecular weight excluding hydrogens is 380 g/mol. The van der Waals surface area contributed by atoms with E-state index in [9.17, 15) is 4.79 Å². The van der Waals surface area contributed by atoms with Crippen molar-refractivity contribution >= 4 is 22.8 Å². The summed E-state index contributed by atoms with van der Waals surface area (Å²) in [6.45, 7) is 6.01. The maximum atomic E-state index is 12.6. The lowest BCUT2D eigenvalue weighted by molar-refractivity contribution is -0.131. The second-order valence-electron chi connectivity index (χ2n) is 7.61. The van der Waals surface area contributed by atoms with Crippen LogP contribution in [0, 0.1) is 6.92 Å². The van der Waals surface area contributed by atoms with Crippen LogP contribution in [-0.4, -0.2) is 63.3 Å². The predicted octanol–water partition coefficient (Wildman–Crippen LogP) is 2.32. The topological polar surface area (TPSA) is 76.4 Å². The third-order valence-electron chi connectivity index (χ3n) is 5.41. The molecule has 30 heavy (non-hydrogen) atoms. The van der Waals surface area contributed by atoms with Crippen molar-refractivity contribution in [1.29, 1.82) is 0 Å². The maximum Gasteiger partial charge on any atom is 0.222 e. The van der Waals surface area contributed by atoms with Gasteiger partial charge in [-0.05, 0) is 18.9 Å². The highest BCUT2D eigenvalue weighted by molar-refractivity contribution is 5.87. The van der Waals surface area contributed by atoms with Crippen molar-refractivity contribution in [2.24, 2.45) is 7.05 Å². The molecule has 3 aromatic rings. The lowest BCUT2D eigenvalue weighted by Crippen LogP contribution is -2.49. The van der Waals surface area contributed by atoms with Crippen molar-refractivity contribution < 1.29 is 9.53 Å². The van der Waals surface area contributed by atoms with E-state index in [1.807, 2.05) is 55.4 Å². The van der Waals surface area contributed by atoms with Gasteiger partial charge in [-0.25, -0.2) is 9.97 Å². The molecule has 0 bridgehead atoms. The van der Waals surface area contributed by atoms with E-state index in [2.05, 4.69) is 20.0 Å². The van der Waals surface area contributed by atoms with Gasteiger partial charge in [0.15, 0.2) is 5.65 Å². The molecule has 1 fully saturated rings. The van der Waals surface area contributed by atoms with Gasteiger partial charge in [0.05, 0.1) is 18.2 Å². The fraction of sp³-hybridized carbons (Fsp3) is 0.455. The van der Waals surface area contributed by atoms with Gasteiger partial charge in [0.1, 0.15) is 11.6 Å². The number of fused-ring (bicyclic) bond motifs is 1. The van der Waals surface area contributed by atoms with Crippen LogP contribution >= 0.6 is 0 Å². The number of rotatable bonds is 7. The lowest BCUT2D eigenvalue weighted by atomic mass is 10.2. The Morgan fingerprint density at radius 2 is 1.87 bits per heavy atom. The molecule has 0 aliphatic carbocycles. The first-order valence-electron chi connectivity index (χ1n) is 10.4. The molecule has 0 unspecified atom stereocenters. The Morgan fingerprint density at radius 1 is 1.10 bits per heavy atom. The highest BCUT2D eigenvalue weighted by atomic mass is 16.5. The zero-order valence-electron chi connectivity index (χ0n) is 17.6. The van der Waals surface area contributed by atoms with Gasteiger partial charge in [-0.3, -0.25) is 9.48 Å². The van der Waals surface area contributed by atoms with Crippen molar-refractivity contribution in [3.05, 3.63) is 47.9 Å². The Morgan fingerprint density at radius 3 is 2.63 bits per heavy atom. The fourth-order valence-corrected chi connectivity index (χ4v) is 3.77. The van der Waals surface area contributed by atoms with Gasteiger partial charge in [0.25, 0.3) is 0 Å². The number of carbonyl (C=O) groups excluding carboxylic acids is 1. The number of ether oxygens (including phenoxy) is 1. The number of carbonyl (C=O) groups is 1. The van der Waals surface area contributed by atoms with Gasteiger partial charge in [-0.1, -0.05) is 30.3 Å². The summed E-state index contributed by atoms with van der Waals surface area (Å²) in [5.74, 6) is 1.84. The van der Waals surface area contributed by atoms with E-state index < -0.39 is 0 Å². The van der Waals surface area contributed by atoms with Gasteiger partial charge in [-0.2, -0.15) is 5.10 Å². The van der Waals surface area contributed by atoms with Crippen LogP contribution in [0.25, 0.3) is 11.0 Å². The minimum absolute atomic E-state index is 0.198. The highest BCUT2D eigenvalue weighted by Gasteiger charge is 2.24. The molecule has 0 saturated carbocycles. The average Bonchev–Trinajstić information content (AvgIpc) is 3.14. The average molecular weight is 409 g/mol. The van der Waals surface area contributed by atoms with Gasteiger partial charge >= 0.3 is 0 Å². The monoisotopic (exact) mass is 408 g/mol. The van der Waals surface area contributed by atoms with E-state index in [4.69, 9.17) is 4.74 Å². The first-order valence-corrected chi connectivity index (χ1v) is 10.4.